The smallest absolute Gasteiger partial charge is 0.329 e. The van der Waals surface area contributed by atoms with E-state index >= 15 is 0 Å². The first-order valence-electron chi connectivity index (χ1n) is 11.7. The van der Waals surface area contributed by atoms with E-state index < -0.39 is 6.09 Å². The Labute approximate surface area is 180 Å². The topological polar surface area (TPSA) is 93.8 Å². The Balaban J connectivity index is 1.49. The van der Waals surface area contributed by atoms with Crippen molar-refractivity contribution >= 4 is 17.6 Å². The van der Waals surface area contributed by atoms with Crippen molar-refractivity contribution in [2.75, 3.05) is 13.1 Å². The molecule has 166 valence electrons. The van der Waals surface area contributed by atoms with Gasteiger partial charge in [0.2, 0.25) is 0 Å². The highest BCUT2D eigenvalue weighted by Gasteiger charge is 2.59. The minimum Gasteiger partial charge on any atom is -0.329 e. The summed E-state index contributed by atoms with van der Waals surface area (Å²) in [7, 11) is 0. The summed E-state index contributed by atoms with van der Waals surface area (Å²) in [4.78, 5) is 28.8. The minimum atomic E-state index is -0.533. The van der Waals surface area contributed by atoms with Crippen LogP contribution in [0.4, 0.5) is 4.79 Å². The predicted molar refractivity (Wildman–Crippen MR) is 117 cm³/mol. The van der Waals surface area contributed by atoms with Crippen LogP contribution in [-0.4, -0.2) is 30.7 Å². The van der Waals surface area contributed by atoms with Gasteiger partial charge in [0.25, 0.3) is 0 Å². The summed E-state index contributed by atoms with van der Waals surface area (Å²) >= 11 is 0. The van der Waals surface area contributed by atoms with Crippen molar-refractivity contribution in [2.24, 2.45) is 45.4 Å². The monoisotopic (exact) mass is 415 g/mol. The lowest BCUT2D eigenvalue weighted by Gasteiger charge is -2.58. The normalized spacial score (nSPS) is 40.7. The molecular formula is C24H37N3O3. The van der Waals surface area contributed by atoms with Gasteiger partial charge in [-0.1, -0.05) is 24.6 Å². The first-order chi connectivity index (χ1) is 14.3. The summed E-state index contributed by atoms with van der Waals surface area (Å²) in [6, 6.07) is 0. The molecule has 0 heterocycles. The van der Waals surface area contributed by atoms with Crippen LogP contribution in [-0.2, 0) is 9.63 Å². The Kier molecular flexibility index (Phi) is 5.82. The number of nitrogens with one attached hydrogen (secondary N) is 1. The Morgan fingerprint density at radius 2 is 2.00 bits per heavy atom. The van der Waals surface area contributed by atoms with Gasteiger partial charge >= 0.3 is 6.09 Å². The molecule has 0 radical (unpaired) electrons. The van der Waals surface area contributed by atoms with E-state index in [1.165, 1.54) is 31.3 Å². The molecule has 4 rings (SSSR count). The Hall–Kier alpha value is -1.69. The summed E-state index contributed by atoms with van der Waals surface area (Å²) in [5.41, 5.74) is 8.20. The second-order valence-corrected chi connectivity index (χ2v) is 10.5. The van der Waals surface area contributed by atoms with Crippen molar-refractivity contribution in [2.45, 2.75) is 72.1 Å². The summed E-state index contributed by atoms with van der Waals surface area (Å²) < 4.78 is 0. The zero-order valence-electron chi connectivity index (χ0n) is 18.7. The average molecular weight is 416 g/mol. The van der Waals surface area contributed by atoms with Crippen molar-refractivity contribution in [1.82, 2.24) is 5.32 Å². The number of rotatable bonds is 4. The Morgan fingerprint density at radius 1 is 1.20 bits per heavy atom. The van der Waals surface area contributed by atoms with Gasteiger partial charge in [-0.15, -0.1) is 0 Å². The molecule has 30 heavy (non-hydrogen) atoms. The molecule has 0 aromatic carbocycles. The van der Waals surface area contributed by atoms with Gasteiger partial charge < -0.3 is 11.1 Å². The fourth-order valence-electron chi connectivity index (χ4n) is 7.63. The van der Waals surface area contributed by atoms with E-state index in [2.05, 4.69) is 24.3 Å². The fourth-order valence-corrected chi connectivity index (χ4v) is 7.63. The summed E-state index contributed by atoms with van der Waals surface area (Å²) in [5, 5.41) is 6.80. The highest BCUT2D eigenvalue weighted by atomic mass is 16.7. The third-order valence-electron chi connectivity index (χ3n) is 9.15. The third kappa shape index (κ3) is 3.51. The van der Waals surface area contributed by atoms with Crippen LogP contribution in [0.15, 0.2) is 16.8 Å². The van der Waals surface area contributed by atoms with Crippen molar-refractivity contribution in [3.8, 4) is 0 Å². The number of carbonyl (C=O) groups is 2. The number of hydrogen-bond donors (Lipinski definition) is 2. The number of nitrogens with zero attached hydrogens (tertiary/aromatic N) is 1. The second kappa shape index (κ2) is 8.10. The molecule has 0 unspecified atom stereocenters. The van der Waals surface area contributed by atoms with Gasteiger partial charge in [-0.05, 0) is 86.5 Å². The van der Waals surface area contributed by atoms with Gasteiger partial charge in [0.15, 0.2) is 5.78 Å². The maximum absolute atomic E-state index is 12.0. The number of nitrogens with two attached hydrogens (primary N) is 1. The molecule has 0 bridgehead atoms. The van der Waals surface area contributed by atoms with Crippen molar-refractivity contribution in [3.63, 3.8) is 0 Å². The number of fused-ring (bicyclic) bond motifs is 5. The van der Waals surface area contributed by atoms with Crippen LogP contribution in [0.2, 0.25) is 0 Å². The molecule has 4 aliphatic carbocycles. The lowest BCUT2D eigenvalue weighted by molar-refractivity contribution is -0.117. The average Bonchev–Trinajstić information content (AvgIpc) is 3.08. The zero-order chi connectivity index (χ0) is 21.5. The van der Waals surface area contributed by atoms with Gasteiger partial charge in [-0.25, -0.2) is 4.79 Å². The van der Waals surface area contributed by atoms with Crippen LogP contribution in [0.5, 0.6) is 0 Å². The van der Waals surface area contributed by atoms with E-state index in [0.29, 0.717) is 43.0 Å². The van der Waals surface area contributed by atoms with E-state index in [4.69, 9.17) is 10.6 Å². The number of amides is 1. The van der Waals surface area contributed by atoms with Crippen molar-refractivity contribution in [3.05, 3.63) is 11.6 Å². The molecule has 0 spiro atoms. The van der Waals surface area contributed by atoms with Crippen LogP contribution in [0.3, 0.4) is 0 Å². The van der Waals surface area contributed by atoms with Crippen LogP contribution in [0.25, 0.3) is 0 Å². The summed E-state index contributed by atoms with van der Waals surface area (Å²) in [6.07, 6.45) is 10.2. The number of hydrogen-bond acceptors (Lipinski definition) is 5. The molecule has 3 N–H and O–H groups in total. The van der Waals surface area contributed by atoms with Gasteiger partial charge in [-0.3, -0.25) is 9.63 Å². The van der Waals surface area contributed by atoms with E-state index in [-0.39, 0.29) is 10.8 Å². The molecule has 6 atom stereocenters. The molecule has 1 amide bonds. The predicted octanol–water partition coefficient (Wildman–Crippen LogP) is 4.20. The fraction of sp³-hybridized carbons (Fsp3) is 0.792. The molecular weight excluding hydrogens is 378 g/mol. The highest BCUT2D eigenvalue weighted by Crippen LogP contribution is 2.66. The quantitative estimate of drug-likeness (QED) is 0.409. The molecule has 3 fully saturated rings. The maximum atomic E-state index is 12.0. The Bertz CT molecular complexity index is 776. The van der Waals surface area contributed by atoms with Crippen LogP contribution >= 0.6 is 0 Å². The highest BCUT2D eigenvalue weighted by molar-refractivity contribution is 5.91. The standard InChI is InChI=1S/C24H37N3O3/c1-15(27-30-22(29)26-13-12-25)19-6-7-20-18-5-4-16-14-17(28)8-10-23(16,2)21(18)9-11-24(19,20)3/h14,18-21H,4-13,25H2,1-3H3,(H,26,29)/b27-15+/t18-,19+,20-,21-,23-,24+/m0/s1. The SMILES string of the molecule is C/C(=N\OC(=O)NCCN)[C@H]1CC[C@H]2[C@@H]3CCC4=CC(=O)CC[C@]4(C)[C@H]3CC[C@]12C. The second-order valence-electron chi connectivity index (χ2n) is 10.5. The molecule has 4 aliphatic rings. The van der Waals surface area contributed by atoms with Gasteiger partial charge in [0.1, 0.15) is 0 Å². The molecule has 6 nitrogen and oxygen atoms in total. The molecule has 0 aliphatic heterocycles. The number of oxime groups is 1. The van der Waals surface area contributed by atoms with Crippen molar-refractivity contribution in [1.29, 1.82) is 0 Å². The summed E-state index contributed by atoms with van der Waals surface area (Å²) in [6.45, 7) is 7.65. The van der Waals surface area contributed by atoms with E-state index in [9.17, 15) is 9.59 Å². The van der Waals surface area contributed by atoms with E-state index in [0.717, 1.165) is 30.9 Å². The molecule has 3 saturated carbocycles. The first kappa shape index (κ1) is 21.5. The van der Waals surface area contributed by atoms with Gasteiger partial charge in [0, 0.05) is 25.4 Å². The minimum absolute atomic E-state index is 0.212. The third-order valence-corrected chi connectivity index (χ3v) is 9.15. The van der Waals surface area contributed by atoms with E-state index in [1.54, 1.807) is 0 Å². The number of ketones is 1. The van der Waals surface area contributed by atoms with Crippen molar-refractivity contribution < 1.29 is 14.4 Å². The zero-order valence-corrected chi connectivity index (χ0v) is 18.7. The first-order valence-corrected chi connectivity index (χ1v) is 11.7. The van der Waals surface area contributed by atoms with Crippen LogP contribution < -0.4 is 11.1 Å². The van der Waals surface area contributed by atoms with Crippen LogP contribution in [0.1, 0.15) is 72.1 Å². The number of allylic oxidation sites excluding steroid dienone is 1. The molecule has 0 aromatic heterocycles. The summed E-state index contributed by atoms with van der Waals surface area (Å²) in [5.74, 6) is 2.80. The Morgan fingerprint density at radius 3 is 2.77 bits per heavy atom. The molecule has 0 saturated heterocycles. The lowest BCUT2D eigenvalue weighted by Crippen LogP contribution is -2.51. The van der Waals surface area contributed by atoms with E-state index in [1.807, 2.05) is 13.0 Å². The van der Waals surface area contributed by atoms with Crippen LogP contribution in [0, 0.1) is 34.5 Å². The maximum Gasteiger partial charge on any atom is 0.433 e. The lowest BCUT2D eigenvalue weighted by atomic mass is 9.46. The van der Waals surface area contributed by atoms with Gasteiger partial charge in [0.05, 0.1) is 5.71 Å². The number of carbonyl (C=O) groups excluding carboxylic acids is 2. The molecule has 6 heteroatoms. The molecule has 0 aromatic rings. The van der Waals surface area contributed by atoms with Gasteiger partial charge in [-0.2, -0.15) is 0 Å². The largest absolute Gasteiger partial charge is 0.433 e.